The number of nitrogens with one attached hydrogen (secondary N) is 1. The van der Waals surface area contributed by atoms with E-state index < -0.39 is 0 Å². The van der Waals surface area contributed by atoms with Gasteiger partial charge in [0.05, 0.1) is 16.7 Å². The summed E-state index contributed by atoms with van der Waals surface area (Å²) in [5.74, 6) is 0.451. The Kier molecular flexibility index (Phi) is 4.18. The zero-order valence-electron chi connectivity index (χ0n) is 15.4. The highest BCUT2D eigenvalue weighted by atomic mass is 16.5. The first-order chi connectivity index (χ1) is 14.3. The number of aromatic nitrogens is 4. The third-order valence-electron chi connectivity index (χ3n) is 4.59. The summed E-state index contributed by atoms with van der Waals surface area (Å²) in [6.45, 7) is 0.355. The molecule has 142 valence electrons. The van der Waals surface area contributed by atoms with E-state index in [0.717, 1.165) is 22.4 Å². The SMILES string of the molecule is O=C(Nn1cnc2ccccc21)c1ccc(OCc2cn3ccccc3n2)cc1. The van der Waals surface area contributed by atoms with E-state index in [0.29, 0.717) is 17.9 Å². The van der Waals surface area contributed by atoms with Crippen LogP contribution in [0.15, 0.2) is 85.5 Å². The van der Waals surface area contributed by atoms with Gasteiger partial charge < -0.3 is 9.14 Å². The van der Waals surface area contributed by atoms with Crippen LogP contribution in [-0.2, 0) is 6.61 Å². The Bertz CT molecular complexity index is 1270. The van der Waals surface area contributed by atoms with Crippen molar-refractivity contribution < 1.29 is 9.53 Å². The van der Waals surface area contributed by atoms with E-state index in [1.165, 1.54) is 0 Å². The number of nitrogens with zero attached hydrogens (tertiary/aromatic N) is 4. The highest BCUT2D eigenvalue weighted by Gasteiger charge is 2.09. The van der Waals surface area contributed by atoms with E-state index in [1.54, 1.807) is 35.3 Å². The Labute approximate surface area is 166 Å². The molecule has 1 amide bonds. The third kappa shape index (κ3) is 3.41. The van der Waals surface area contributed by atoms with Crippen LogP contribution in [0.5, 0.6) is 5.75 Å². The van der Waals surface area contributed by atoms with E-state index in [9.17, 15) is 4.79 Å². The van der Waals surface area contributed by atoms with Gasteiger partial charge in [-0.1, -0.05) is 18.2 Å². The van der Waals surface area contributed by atoms with Crippen molar-refractivity contribution in [1.82, 2.24) is 19.0 Å². The van der Waals surface area contributed by atoms with Crippen LogP contribution < -0.4 is 10.2 Å². The molecular formula is C22H17N5O2. The largest absolute Gasteiger partial charge is 0.487 e. The maximum Gasteiger partial charge on any atom is 0.270 e. The van der Waals surface area contributed by atoms with Gasteiger partial charge in [-0.05, 0) is 48.5 Å². The Balaban J connectivity index is 1.25. The van der Waals surface area contributed by atoms with Crippen LogP contribution in [0.3, 0.4) is 0 Å². The van der Waals surface area contributed by atoms with E-state index >= 15 is 0 Å². The predicted octanol–water partition coefficient (Wildman–Crippen LogP) is 3.65. The first kappa shape index (κ1) is 17.0. The van der Waals surface area contributed by atoms with Crippen LogP contribution in [0.4, 0.5) is 0 Å². The van der Waals surface area contributed by atoms with Gasteiger partial charge in [-0.25, -0.2) is 14.6 Å². The predicted molar refractivity (Wildman–Crippen MR) is 109 cm³/mol. The third-order valence-corrected chi connectivity index (χ3v) is 4.59. The molecule has 0 fully saturated rings. The zero-order chi connectivity index (χ0) is 19.6. The number of ether oxygens (including phenoxy) is 1. The maximum absolute atomic E-state index is 12.5. The van der Waals surface area contributed by atoms with Crippen molar-refractivity contribution >= 4 is 22.6 Å². The van der Waals surface area contributed by atoms with Gasteiger partial charge in [-0.3, -0.25) is 10.2 Å². The molecule has 29 heavy (non-hydrogen) atoms. The topological polar surface area (TPSA) is 73.5 Å². The van der Waals surface area contributed by atoms with Crippen molar-refractivity contribution in [2.75, 3.05) is 5.43 Å². The van der Waals surface area contributed by atoms with Gasteiger partial charge in [-0.2, -0.15) is 0 Å². The van der Waals surface area contributed by atoms with Gasteiger partial charge in [-0.15, -0.1) is 0 Å². The normalized spacial score (nSPS) is 11.0. The number of hydrogen-bond donors (Lipinski definition) is 1. The Morgan fingerprint density at radius 1 is 1.00 bits per heavy atom. The number of rotatable bonds is 5. The molecule has 0 atom stereocenters. The average Bonchev–Trinajstić information content (AvgIpc) is 3.36. The molecular weight excluding hydrogens is 366 g/mol. The minimum atomic E-state index is -0.222. The molecule has 7 heteroatoms. The summed E-state index contributed by atoms with van der Waals surface area (Å²) in [5, 5.41) is 0. The number of pyridine rings is 1. The summed E-state index contributed by atoms with van der Waals surface area (Å²) >= 11 is 0. The van der Waals surface area contributed by atoms with Crippen molar-refractivity contribution in [2.24, 2.45) is 0 Å². The van der Waals surface area contributed by atoms with Crippen LogP contribution in [0.2, 0.25) is 0 Å². The molecule has 0 unspecified atom stereocenters. The highest BCUT2D eigenvalue weighted by molar-refractivity contribution is 6.00. The first-order valence-corrected chi connectivity index (χ1v) is 9.15. The molecule has 3 heterocycles. The minimum Gasteiger partial charge on any atom is -0.487 e. The van der Waals surface area contributed by atoms with Gasteiger partial charge in [0.1, 0.15) is 24.3 Å². The van der Waals surface area contributed by atoms with Crippen LogP contribution >= 0.6 is 0 Å². The number of carbonyl (C=O) groups excluding carboxylic acids is 1. The first-order valence-electron chi connectivity index (χ1n) is 9.15. The standard InChI is InChI=1S/C22H17N5O2/c28-22(25-27-15-23-19-5-1-2-6-20(19)27)16-8-10-18(11-9-16)29-14-17-13-26-12-4-3-7-21(26)24-17/h1-13,15H,14H2,(H,25,28). The molecule has 5 rings (SSSR count). The number of para-hydroxylation sites is 2. The molecule has 0 bridgehead atoms. The second kappa shape index (κ2) is 7.12. The number of hydrogen-bond acceptors (Lipinski definition) is 4. The van der Waals surface area contributed by atoms with Gasteiger partial charge >= 0.3 is 0 Å². The molecule has 0 radical (unpaired) electrons. The number of amides is 1. The number of imidazole rings is 2. The van der Waals surface area contributed by atoms with Gasteiger partial charge in [0, 0.05) is 18.0 Å². The smallest absolute Gasteiger partial charge is 0.270 e. The lowest BCUT2D eigenvalue weighted by Crippen LogP contribution is -2.21. The lowest BCUT2D eigenvalue weighted by atomic mass is 10.2. The second-order valence-corrected chi connectivity index (χ2v) is 6.56. The van der Waals surface area contributed by atoms with E-state index in [2.05, 4.69) is 15.4 Å². The molecule has 0 saturated heterocycles. The summed E-state index contributed by atoms with van der Waals surface area (Å²) in [6, 6.07) is 20.5. The number of fused-ring (bicyclic) bond motifs is 2. The average molecular weight is 383 g/mol. The van der Waals surface area contributed by atoms with Crippen molar-refractivity contribution in [3.05, 3.63) is 96.7 Å². The fourth-order valence-electron chi connectivity index (χ4n) is 3.14. The monoisotopic (exact) mass is 383 g/mol. The molecule has 3 aromatic heterocycles. The molecule has 0 spiro atoms. The second-order valence-electron chi connectivity index (χ2n) is 6.56. The van der Waals surface area contributed by atoms with Crippen molar-refractivity contribution in [3.8, 4) is 5.75 Å². The Hall–Kier alpha value is -4.13. The van der Waals surface area contributed by atoms with Gasteiger partial charge in [0.15, 0.2) is 0 Å². The van der Waals surface area contributed by atoms with E-state index in [-0.39, 0.29) is 5.91 Å². The van der Waals surface area contributed by atoms with Gasteiger partial charge in [0.25, 0.3) is 5.91 Å². The molecule has 0 aliphatic rings. The summed E-state index contributed by atoms with van der Waals surface area (Å²) < 4.78 is 9.36. The highest BCUT2D eigenvalue weighted by Crippen LogP contribution is 2.16. The summed E-state index contributed by atoms with van der Waals surface area (Å²) in [7, 11) is 0. The Morgan fingerprint density at radius 2 is 1.83 bits per heavy atom. The van der Waals surface area contributed by atoms with Crippen LogP contribution in [0.1, 0.15) is 16.1 Å². The maximum atomic E-state index is 12.5. The van der Waals surface area contributed by atoms with E-state index in [1.807, 2.05) is 59.3 Å². The van der Waals surface area contributed by atoms with Crippen molar-refractivity contribution in [1.29, 1.82) is 0 Å². The molecule has 0 aliphatic heterocycles. The molecule has 5 aromatic rings. The quantitative estimate of drug-likeness (QED) is 0.503. The molecule has 0 saturated carbocycles. The fourth-order valence-corrected chi connectivity index (χ4v) is 3.14. The molecule has 7 nitrogen and oxygen atoms in total. The van der Waals surface area contributed by atoms with Crippen LogP contribution in [0, 0.1) is 0 Å². The minimum absolute atomic E-state index is 0.222. The molecule has 0 aliphatic carbocycles. The number of carbonyl (C=O) groups is 1. The van der Waals surface area contributed by atoms with Crippen LogP contribution in [-0.4, -0.2) is 25.0 Å². The van der Waals surface area contributed by atoms with E-state index in [4.69, 9.17) is 4.74 Å². The van der Waals surface area contributed by atoms with Gasteiger partial charge in [0.2, 0.25) is 0 Å². The Morgan fingerprint density at radius 3 is 2.69 bits per heavy atom. The fraction of sp³-hybridized carbons (Fsp3) is 0.0455. The lowest BCUT2D eigenvalue weighted by molar-refractivity contribution is 0.101. The zero-order valence-corrected chi connectivity index (χ0v) is 15.4. The summed E-state index contributed by atoms with van der Waals surface area (Å²) in [4.78, 5) is 21.3. The molecule has 2 aromatic carbocycles. The molecule has 1 N–H and O–H groups in total. The van der Waals surface area contributed by atoms with Crippen molar-refractivity contribution in [2.45, 2.75) is 6.61 Å². The summed E-state index contributed by atoms with van der Waals surface area (Å²) in [5.41, 5.74) is 6.75. The summed E-state index contributed by atoms with van der Waals surface area (Å²) in [6.07, 6.45) is 5.48. The lowest BCUT2D eigenvalue weighted by Gasteiger charge is -2.08. The number of benzene rings is 2. The van der Waals surface area contributed by atoms with Crippen LogP contribution in [0.25, 0.3) is 16.7 Å². The van der Waals surface area contributed by atoms with Crippen molar-refractivity contribution in [3.63, 3.8) is 0 Å².